The molecular weight excluding hydrogens is 368 g/mol. The van der Waals surface area contributed by atoms with Gasteiger partial charge in [-0.3, -0.25) is 19.2 Å². The van der Waals surface area contributed by atoms with Gasteiger partial charge in [-0.25, -0.2) is 0 Å². The molecule has 8 heteroatoms. The van der Waals surface area contributed by atoms with Crippen molar-refractivity contribution in [2.45, 2.75) is 12.8 Å². The van der Waals surface area contributed by atoms with E-state index in [0.717, 1.165) is 0 Å². The Morgan fingerprint density at radius 3 is 1.43 bits per heavy atom. The van der Waals surface area contributed by atoms with Crippen molar-refractivity contribution in [2.24, 2.45) is 0 Å². The molecule has 8 nitrogen and oxygen atoms in total. The van der Waals surface area contributed by atoms with Crippen LogP contribution in [-0.4, -0.2) is 38.7 Å². The van der Waals surface area contributed by atoms with E-state index in [1.807, 2.05) is 0 Å². The maximum Gasteiger partial charge on any atom is 0.311 e. The van der Waals surface area contributed by atoms with Crippen LogP contribution < -0.4 is 18.9 Å². The highest BCUT2D eigenvalue weighted by Gasteiger charge is 2.15. The van der Waals surface area contributed by atoms with Gasteiger partial charge in [-0.05, 0) is 36.4 Å². The number of hydrogen-bond donors (Lipinski definition) is 0. The van der Waals surface area contributed by atoms with Crippen molar-refractivity contribution in [3.8, 4) is 23.0 Å². The van der Waals surface area contributed by atoms with Crippen LogP contribution in [0.25, 0.3) is 0 Å². The van der Waals surface area contributed by atoms with Crippen molar-refractivity contribution in [3.05, 3.63) is 47.5 Å². The molecule has 2 aromatic carbocycles. The number of hydrogen-bond acceptors (Lipinski definition) is 8. The van der Waals surface area contributed by atoms with Gasteiger partial charge in [0.1, 0.15) is 12.6 Å². The minimum atomic E-state index is -0.669. The van der Waals surface area contributed by atoms with E-state index in [0.29, 0.717) is 23.7 Å². The number of ether oxygens (including phenoxy) is 4. The van der Waals surface area contributed by atoms with Gasteiger partial charge < -0.3 is 18.9 Å². The van der Waals surface area contributed by atoms with E-state index >= 15 is 0 Å². The van der Waals surface area contributed by atoms with Gasteiger partial charge in [0.05, 0.1) is 27.1 Å². The fourth-order valence-corrected chi connectivity index (χ4v) is 2.24. The Labute approximate surface area is 161 Å². The van der Waals surface area contributed by atoms with Gasteiger partial charge in [-0.2, -0.15) is 0 Å². The van der Waals surface area contributed by atoms with Crippen LogP contribution in [0.1, 0.15) is 33.6 Å². The topological polar surface area (TPSA) is 105 Å². The molecule has 0 aliphatic heterocycles. The molecule has 0 radical (unpaired) electrons. The molecule has 0 fully saturated rings. The Morgan fingerprint density at radius 1 is 0.714 bits per heavy atom. The predicted octanol–water partition coefficient (Wildman–Crippen LogP) is 2.62. The molecule has 0 saturated heterocycles. The van der Waals surface area contributed by atoms with Gasteiger partial charge in [-0.1, -0.05) is 0 Å². The van der Waals surface area contributed by atoms with Crippen LogP contribution in [0.5, 0.6) is 23.0 Å². The second kappa shape index (κ2) is 9.86. The van der Waals surface area contributed by atoms with E-state index in [9.17, 15) is 19.2 Å². The molecule has 0 amide bonds. The molecule has 0 aliphatic rings. The quantitative estimate of drug-likeness (QED) is 0.368. The van der Waals surface area contributed by atoms with E-state index in [4.69, 9.17) is 18.9 Å². The summed E-state index contributed by atoms with van der Waals surface area (Å²) in [4.78, 5) is 45.5. The minimum Gasteiger partial charge on any atom is -0.493 e. The molecule has 0 heterocycles. The fourth-order valence-electron chi connectivity index (χ4n) is 2.24. The fraction of sp³-hybridized carbons (Fsp3) is 0.200. The number of benzene rings is 2. The molecule has 0 atom stereocenters. The Bertz CT molecular complexity index is 814. The van der Waals surface area contributed by atoms with Gasteiger partial charge in [-0.15, -0.1) is 0 Å². The maximum absolute atomic E-state index is 12.0. The van der Waals surface area contributed by atoms with Crippen molar-refractivity contribution in [2.75, 3.05) is 14.2 Å². The molecule has 2 rings (SSSR count). The number of carbonyl (C=O) groups excluding carboxylic acids is 4. The van der Waals surface area contributed by atoms with Crippen LogP contribution in [0.15, 0.2) is 36.4 Å². The molecule has 0 spiro atoms. The number of methoxy groups -OCH3 is 2. The van der Waals surface area contributed by atoms with Crippen molar-refractivity contribution in [1.29, 1.82) is 0 Å². The zero-order valence-corrected chi connectivity index (χ0v) is 15.3. The van der Waals surface area contributed by atoms with E-state index < -0.39 is 11.9 Å². The first-order valence-electron chi connectivity index (χ1n) is 8.18. The van der Waals surface area contributed by atoms with Crippen molar-refractivity contribution < 1.29 is 38.1 Å². The molecule has 28 heavy (non-hydrogen) atoms. The lowest BCUT2D eigenvalue weighted by Gasteiger charge is -2.10. The molecule has 0 aromatic heterocycles. The van der Waals surface area contributed by atoms with Crippen LogP contribution >= 0.6 is 0 Å². The first-order valence-corrected chi connectivity index (χ1v) is 8.18. The average molecular weight is 386 g/mol. The summed E-state index contributed by atoms with van der Waals surface area (Å²) in [6.07, 6.45) is 0.818. The highest BCUT2D eigenvalue weighted by atomic mass is 16.6. The molecule has 0 unspecified atom stereocenters. The maximum atomic E-state index is 12.0. The van der Waals surface area contributed by atoms with Gasteiger partial charge in [0, 0.05) is 11.1 Å². The van der Waals surface area contributed by atoms with Crippen LogP contribution in [0.3, 0.4) is 0 Å². The lowest BCUT2D eigenvalue weighted by Crippen LogP contribution is -2.14. The predicted molar refractivity (Wildman–Crippen MR) is 97.3 cm³/mol. The largest absolute Gasteiger partial charge is 0.493 e. The Kier molecular flexibility index (Phi) is 7.27. The van der Waals surface area contributed by atoms with E-state index in [1.54, 1.807) is 0 Å². The molecule has 0 N–H and O–H groups in total. The average Bonchev–Trinajstić information content (AvgIpc) is 2.72. The summed E-state index contributed by atoms with van der Waals surface area (Å²) < 4.78 is 20.5. The molecule has 0 aliphatic carbocycles. The van der Waals surface area contributed by atoms with Crippen LogP contribution in [0, 0.1) is 0 Å². The SMILES string of the molecule is COc1cc(C=O)ccc1OC(=O)CCC(=O)Oc1ccc(C=O)cc1OC. The molecular formula is C20H18O8. The summed E-state index contributed by atoms with van der Waals surface area (Å²) in [6, 6.07) is 8.66. The number of carbonyl (C=O) groups is 4. The zero-order valence-electron chi connectivity index (χ0n) is 15.3. The first kappa shape index (κ1) is 20.6. The molecule has 2 aromatic rings. The van der Waals surface area contributed by atoms with Crippen LogP contribution in [0.4, 0.5) is 0 Å². The third-order valence-corrected chi connectivity index (χ3v) is 3.63. The second-order valence-corrected chi connectivity index (χ2v) is 5.50. The van der Waals surface area contributed by atoms with Gasteiger partial charge in [0.25, 0.3) is 0 Å². The second-order valence-electron chi connectivity index (χ2n) is 5.50. The van der Waals surface area contributed by atoms with Crippen molar-refractivity contribution in [3.63, 3.8) is 0 Å². The smallest absolute Gasteiger partial charge is 0.311 e. The highest BCUT2D eigenvalue weighted by Crippen LogP contribution is 2.29. The van der Waals surface area contributed by atoms with E-state index in [2.05, 4.69) is 0 Å². The Hall–Kier alpha value is -3.68. The summed E-state index contributed by atoms with van der Waals surface area (Å²) in [5.74, 6) is -0.619. The zero-order chi connectivity index (χ0) is 20.5. The first-order chi connectivity index (χ1) is 13.5. The lowest BCUT2D eigenvalue weighted by molar-refractivity contribution is -0.140. The number of esters is 2. The third-order valence-electron chi connectivity index (χ3n) is 3.63. The Balaban J connectivity index is 1.93. The van der Waals surface area contributed by atoms with Crippen LogP contribution in [0.2, 0.25) is 0 Å². The number of rotatable bonds is 9. The van der Waals surface area contributed by atoms with Crippen molar-refractivity contribution >= 4 is 24.5 Å². The van der Waals surface area contributed by atoms with Gasteiger partial charge in [0.15, 0.2) is 23.0 Å². The van der Waals surface area contributed by atoms with E-state index in [1.165, 1.54) is 50.6 Å². The summed E-state index contributed by atoms with van der Waals surface area (Å²) in [6.45, 7) is 0. The van der Waals surface area contributed by atoms with Crippen LogP contribution in [-0.2, 0) is 9.59 Å². The highest BCUT2D eigenvalue weighted by molar-refractivity contribution is 5.82. The van der Waals surface area contributed by atoms with Gasteiger partial charge in [0.2, 0.25) is 0 Å². The third kappa shape index (κ3) is 5.41. The molecule has 0 bridgehead atoms. The number of aldehydes is 2. The minimum absolute atomic E-state index is 0.137. The standard InChI is InChI=1S/C20H18O8/c1-25-17-9-13(11-21)3-5-15(17)27-19(23)7-8-20(24)28-16-6-4-14(12-22)10-18(16)26-2/h3-6,9-12H,7-8H2,1-2H3. The summed E-state index contributed by atoms with van der Waals surface area (Å²) >= 11 is 0. The summed E-state index contributed by atoms with van der Waals surface area (Å²) in [5, 5.41) is 0. The summed E-state index contributed by atoms with van der Waals surface area (Å²) in [5.41, 5.74) is 0.740. The monoisotopic (exact) mass is 386 g/mol. The Morgan fingerprint density at radius 2 is 1.11 bits per heavy atom. The normalized spacial score (nSPS) is 9.93. The summed E-state index contributed by atoms with van der Waals surface area (Å²) in [7, 11) is 2.75. The lowest BCUT2D eigenvalue weighted by atomic mass is 10.2. The molecule has 146 valence electrons. The molecule has 0 saturated carbocycles. The van der Waals surface area contributed by atoms with Gasteiger partial charge >= 0.3 is 11.9 Å². The van der Waals surface area contributed by atoms with Crippen molar-refractivity contribution in [1.82, 2.24) is 0 Å². The van der Waals surface area contributed by atoms with E-state index in [-0.39, 0.29) is 35.8 Å².